The van der Waals surface area contributed by atoms with E-state index in [1.54, 1.807) is 0 Å². The normalized spacial score (nSPS) is 15.1. The summed E-state index contributed by atoms with van der Waals surface area (Å²) in [6.07, 6.45) is 1.16. The maximum Gasteiger partial charge on any atom is 0.00645 e. The molecule has 2 atom stereocenters. The first-order valence-electron chi connectivity index (χ1n) is 5.36. The second kappa shape index (κ2) is 5.16. The Kier molecular flexibility index (Phi) is 4.15. The molecule has 1 nitrogen and oxygen atoms in total. The van der Waals surface area contributed by atoms with E-state index in [1.807, 2.05) is 7.05 Å². The van der Waals surface area contributed by atoms with Crippen LogP contribution in [0.15, 0.2) is 24.3 Å². The van der Waals surface area contributed by atoms with Crippen LogP contribution in [-0.2, 0) is 6.42 Å². The van der Waals surface area contributed by atoms with Gasteiger partial charge in [0.15, 0.2) is 0 Å². The molecule has 0 amide bonds. The van der Waals surface area contributed by atoms with Gasteiger partial charge in [0.05, 0.1) is 0 Å². The Morgan fingerprint density at radius 1 is 1.29 bits per heavy atom. The minimum atomic E-state index is 0.579. The van der Waals surface area contributed by atoms with E-state index in [4.69, 9.17) is 0 Å². The van der Waals surface area contributed by atoms with Gasteiger partial charge >= 0.3 is 0 Å². The zero-order valence-electron chi connectivity index (χ0n) is 9.67. The number of hydrogen-bond donors (Lipinski definition) is 1. The molecule has 1 aromatic carbocycles. The molecule has 0 aliphatic heterocycles. The first kappa shape index (κ1) is 11.3. The fourth-order valence-corrected chi connectivity index (χ4v) is 1.67. The van der Waals surface area contributed by atoms with Crippen LogP contribution in [0.2, 0.25) is 0 Å². The Labute approximate surface area is 87.5 Å². The second-order valence-electron chi connectivity index (χ2n) is 4.25. The molecule has 1 heteroatoms. The zero-order valence-corrected chi connectivity index (χ0v) is 9.67. The van der Waals surface area contributed by atoms with Crippen LogP contribution in [0.1, 0.15) is 25.0 Å². The number of hydrogen-bond acceptors (Lipinski definition) is 1. The van der Waals surface area contributed by atoms with Crippen molar-refractivity contribution in [2.75, 3.05) is 7.05 Å². The van der Waals surface area contributed by atoms with E-state index in [0.717, 1.165) is 6.42 Å². The van der Waals surface area contributed by atoms with Crippen LogP contribution >= 0.6 is 0 Å². The van der Waals surface area contributed by atoms with Gasteiger partial charge in [-0.15, -0.1) is 0 Å². The predicted octanol–water partition coefficient (Wildman–Crippen LogP) is 2.78. The molecule has 0 saturated heterocycles. The van der Waals surface area contributed by atoms with Gasteiger partial charge in [-0.25, -0.2) is 0 Å². The lowest BCUT2D eigenvalue weighted by Gasteiger charge is -2.19. The van der Waals surface area contributed by atoms with Crippen molar-refractivity contribution in [1.82, 2.24) is 5.32 Å². The van der Waals surface area contributed by atoms with Crippen LogP contribution in [0, 0.1) is 12.8 Å². The molecule has 0 aromatic heterocycles. The van der Waals surface area contributed by atoms with Crippen LogP contribution in [0.3, 0.4) is 0 Å². The van der Waals surface area contributed by atoms with Crippen molar-refractivity contribution in [3.05, 3.63) is 35.4 Å². The third-order valence-corrected chi connectivity index (χ3v) is 2.95. The fraction of sp³-hybridized carbons (Fsp3) is 0.538. The van der Waals surface area contributed by atoms with Crippen molar-refractivity contribution in [3.8, 4) is 0 Å². The molecule has 0 saturated carbocycles. The minimum Gasteiger partial charge on any atom is -0.317 e. The van der Waals surface area contributed by atoms with Crippen LogP contribution in [-0.4, -0.2) is 13.1 Å². The van der Waals surface area contributed by atoms with Crippen molar-refractivity contribution in [1.29, 1.82) is 0 Å². The smallest absolute Gasteiger partial charge is 0.00645 e. The summed E-state index contributed by atoms with van der Waals surface area (Å²) in [4.78, 5) is 0. The molecule has 1 rings (SSSR count). The standard InChI is InChI=1S/C13H21N/c1-10-6-5-7-13(8-10)9-11(2)12(3)14-4/h5-8,11-12,14H,9H2,1-4H3. The molecule has 0 aliphatic rings. The maximum atomic E-state index is 3.30. The average molecular weight is 191 g/mol. The number of nitrogens with one attached hydrogen (secondary N) is 1. The summed E-state index contributed by atoms with van der Waals surface area (Å²) in [6, 6.07) is 9.36. The van der Waals surface area contributed by atoms with E-state index < -0.39 is 0 Å². The molecule has 14 heavy (non-hydrogen) atoms. The van der Waals surface area contributed by atoms with Gasteiger partial charge in [0.2, 0.25) is 0 Å². The minimum absolute atomic E-state index is 0.579. The molecule has 2 unspecified atom stereocenters. The fourth-order valence-electron chi connectivity index (χ4n) is 1.67. The Morgan fingerprint density at radius 3 is 2.57 bits per heavy atom. The molecular formula is C13H21N. The van der Waals surface area contributed by atoms with E-state index in [1.165, 1.54) is 11.1 Å². The topological polar surface area (TPSA) is 12.0 Å². The average Bonchev–Trinajstić information content (AvgIpc) is 2.16. The van der Waals surface area contributed by atoms with Crippen LogP contribution in [0.5, 0.6) is 0 Å². The van der Waals surface area contributed by atoms with Gasteiger partial charge in [-0.1, -0.05) is 36.8 Å². The van der Waals surface area contributed by atoms with Crippen molar-refractivity contribution in [2.24, 2.45) is 5.92 Å². The number of benzene rings is 1. The van der Waals surface area contributed by atoms with Gasteiger partial charge in [-0.3, -0.25) is 0 Å². The summed E-state index contributed by atoms with van der Waals surface area (Å²) in [6.45, 7) is 6.68. The summed E-state index contributed by atoms with van der Waals surface area (Å²) < 4.78 is 0. The predicted molar refractivity (Wildman–Crippen MR) is 62.6 cm³/mol. The second-order valence-corrected chi connectivity index (χ2v) is 4.25. The highest BCUT2D eigenvalue weighted by Gasteiger charge is 2.10. The van der Waals surface area contributed by atoms with E-state index in [9.17, 15) is 0 Å². The molecular weight excluding hydrogens is 170 g/mol. The van der Waals surface area contributed by atoms with Gasteiger partial charge in [0.1, 0.15) is 0 Å². The van der Waals surface area contributed by atoms with Crippen LogP contribution < -0.4 is 5.32 Å². The highest BCUT2D eigenvalue weighted by Crippen LogP contribution is 2.13. The summed E-state index contributed by atoms with van der Waals surface area (Å²) in [5.74, 6) is 0.682. The lowest BCUT2D eigenvalue weighted by atomic mass is 9.94. The van der Waals surface area contributed by atoms with Gasteiger partial charge < -0.3 is 5.32 Å². The Hall–Kier alpha value is -0.820. The van der Waals surface area contributed by atoms with E-state index in [0.29, 0.717) is 12.0 Å². The Balaban J connectivity index is 2.60. The third kappa shape index (κ3) is 3.15. The highest BCUT2D eigenvalue weighted by molar-refractivity contribution is 5.22. The van der Waals surface area contributed by atoms with E-state index >= 15 is 0 Å². The monoisotopic (exact) mass is 191 g/mol. The van der Waals surface area contributed by atoms with Gasteiger partial charge in [0, 0.05) is 6.04 Å². The van der Waals surface area contributed by atoms with Crippen molar-refractivity contribution >= 4 is 0 Å². The highest BCUT2D eigenvalue weighted by atomic mass is 14.9. The van der Waals surface area contributed by atoms with Crippen molar-refractivity contribution in [2.45, 2.75) is 33.2 Å². The summed E-state index contributed by atoms with van der Waals surface area (Å²) in [7, 11) is 2.03. The molecule has 1 aromatic rings. The lowest BCUT2D eigenvalue weighted by Crippen LogP contribution is -2.29. The van der Waals surface area contributed by atoms with Crippen LogP contribution in [0.4, 0.5) is 0 Å². The summed E-state index contributed by atoms with van der Waals surface area (Å²) in [5, 5.41) is 3.30. The SMILES string of the molecule is CNC(C)C(C)Cc1cccc(C)c1. The molecule has 0 fully saturated rings. The number of aryl methyl sites for hydroxylation is 1. The molecule has 1 N–H and O–H groups in total. The molecule has 0 heterocycles. The molecule has 0 spiro atoms. The van der Waals surface area contributed by atoms with Crippen molar-refractivity contribution in [3.63, 3.8) is 0 Å². The lowest BCUT2D eigenvalue weighted by molar-refractivity contribution is 0.424. The van der Waals surface area contributed by atoms with E-state index in [2.05, 4.69) is 50.4 Å². The molecule has 0 aliphatic carbocycles. The first-order valence-corrected chi connectivity index (χ1v) is 5.36. The van der Waals surface area contributed by atoms with Gasteiger partial charge in [0.25, 0.3) is 0 Å². The summed E-state index contributed by atoms with van der Waals surface area (Å²) in [5.41, 5.74) is 2.80. The molecule has 0 radical (unpaired) electrons. The third-order valence-electron chi connectivity index (χ3n) is 2.95. The first-order chi connectivity index (χ1) is 6.63. The molecule has 78 valence electrons. The van der Waals surface area contributed by atoms with Gasteiger partial charge in [-0.05, 0) is 38.8 Å². The van der Waals surface area contributed by atoms with Crippen molar-refractivity contribution < 1.29 is 0 Å². The van der Waals surface area contributed by atoms with E-state index in [-0.39, 0.29) is 0 Å². The number of rotatable bonds is 4. The van der Waals surface area contributed by atoms with Gasteiger partial charge in [-0.2, -0.15) is 0 Å². The summed E-state index contributed by atoms with van der Waals surface area (Å²) >= 11 is 0. The maximum absolute atomic E-state index is 3.30. The molecule has 0 bridgehead atoms. The quantitative estimate of drug-likeness (QED) is 0.771. The zero-order chi connectivity index (χ0) is 10.6. The Morgan fingerprint density at radius 2 is 2.00 bits per heavy atom. The Bertz CT molecular complexity index is 280. The largest absolute Gasteiger partial charge is 0.317 e. The van der Waals surface area contributed by atoms with Crippen LogP contribution in [0.25, 0.3) is 0 Å².